The zero-order valence-corrected chi connectivity index (χ0v) is 10.9. The molecule has 0 saturated carbocycles. The molecule has 0 aliphatic carbocycles. The van der Waals surface area contributed by atoms with Gasteiger partial charge in [0.05, 0.1) is 0 Å². The maximum absolute atomic E-state index is 13.7. The van der Waals surface area contributed by atoms with Gasteiger partial charge in [0.25, 0.3) is 0 Å². The van der Waals surface area contributed by atoms with Gasteiger partial charge < -0.3 is 4.74 Å². The van der Waals surface area contributed by atoms with Crippen LogP contribution in [0.25, 0.3) is 0 Å². The predicted molar refractivity (Wildman–Crippen MR) is 71.6 cm³/mol. The molecule has 2 aromatic rings. The molecule has 2 heteroatoms. The second-order valence-electron chi connectivity index (χ2n) is 5.31. The summed E-state index contributed by atoms with van der Waals surface area (Å²) in [5, 5.41) is 0. The summed E-state index contributed by atoms with van der Waals surface area (Å²) >= 11 is 0. The summed E-state index contributed by atoms with van der Waals surface area (Å²) in [6, 6.07) is 14.3. The van der Waals surface area contributed by atoms with E-state index in [9.17, 15) is 4.39 Å². The summed E-state index contributed by atoms with van der Waals surface area (Å²) in [5.41, 5.74) is 1.03. The lowest BCUT2D eigenvalue weighted by molar-refractivity contribution is 0.438. The lowest BCUT2D eigenvalue weighted by Gasteiger charge is -2.20. The van der Waals surface area contributed by atoms with Gasteiger partial charge >= 0.3 is 0 Å². The van der Waals surface area contributed by atoms with Crippen LogP contribution in [0, 0.1) is 5.82 Å². The molecule has 94 valence electrons. The summed E-state index contributed by atoms with van der Waals surface area (Å²) in [6.07, 6.45) is 0. The molecule has 0 amide bonds. The highest BCUT2D eigenvalue weighted by atomic mass is 19.1. The highest BCUT2D eigenvalue weighted by Crippen LogP contribution is 2.30. The molecule has 0 aliphatic rings. The molecule has 0 bridgehead atoms. The van der Waals surface area contributed by atoms with E-state index in [-0.39, 0.29) is 17.0 Å². The first kappa shape index (κ1) is 12.6. The molecular formula is C16H17FO. The first-order chi connectivity index (χ1) is 8.47. The van der Waals surface area contributed by atoms with Crippen molar-refractivity contribution >= 4 is 0 Å². The summed E-state index contributed by atoms with van der Waals surface area (Å²) in [6.45, 7) is 6.27. The van der Waals surface area contributed by atoms with Crippen molar-refractivity contribution in [3.63, 3.8) is 0 Å². The summed E-state index contributed by atoms with van der Waals surface area (Å²) in [4.78, 5) is 0. The van der Waals surface area contributed by atoms with Crippen LogP contribution >= 0.6 is 0 Å². The fourth-order valence-corrected chi connectivity index (χ4v) is 1.66. The normalized spacial score (nSPS) is 11.3. The molecular weight excluding hydrogens is 227 g/mol. The van der Waals surface area contributed by atoms with Crippen LogP contribution in [0.15, 0.2) is 48.5 Å². The van der Waals surface area contributed by atoms with Crippen LogP contribution in [0.4, 0.5) is 4.39 Å². The molecule has 0 aliphatic heterocycles. The minimum absolute atomic E-state index is 0.0253. The molecule has 18 heavy (non-hydrogen) atoms. The van der Waals surface area contributed by atoms with Gasteiger partial charge in [-0.25, -0.2) is 4.39 Å². The first-order valence-electron chi connectivity index (χ1n) is 6.00. The van der Waals surface area contributed by atoms with E-state index in [4.69, 9.17) is 4.74 Å². The molecule has 0 spiro atoms. The van der Waals surface area contributed by atoms with Gasteiger partial charge in [-0.05, 0) is 35.2 Å². The SMILES string of the molecule is CC(C)(C)c1ccc(F)c(Oc2ccccc2)c1. The minimum Gasteiger partial charge on any atom is -0.454 e. The van der Waals surface area contributed by atoms with Gasteiger partial charge in [-0.2, -0.15) is 0 Å². The largest absolute Gasteiger partial charge is 0.454 e. The fourth-order valence-electron chi connectivity index (χ4n) is 1.66. The first-order valence-corrected chi connectivity index (χ1v) is 6.00. The lowest BCUT2D eigenvalue weighted by atomic mass is 9.87. The molecule has 0 fully saturated rings. The summed E-state index contributed by atoms with van der Waals surface area (Å²) < 4.78 is 19.3. The number of halogens is 1. The van der Waals surface area contributed by atoms with Crippen LogP contribution in [-0.2, 0) is 5.41 Å². The van der Waals surface area contributed by atoms with Crippen molar-refractivity contribution in [1.29, 1.82) is 0 Å². The topological polar surface area (TPSA) is 9.23 Å². The molecule has 0 atom stereocenters. The fraction of sp³-hybridized carbons (Fsp3) is 0.250. The number of para-hydroxylation sites is 1. The second kappa shape index (κ2) is 4.81. The maximum atomic E-state index is 13.7. The monoisotopic (exact) mass is 244 g/mol. The van der Waals surface area contributed by atoms with Gasteiger partial charge in [0, 0.05) is 0 Å². The van der Waals surface area contributed by atoms with E-state index in [1.165, 1.54) is 6.07 Å². The van der Waals surface area contributed by atoms with Crippen LogP contribution < -0.4 is 4.74 Å². The Balaban J connectivity index is 2.33. The van der Waals surface area contributed by atoms with E-state index in [0.717, 1.165) is 5.56 Å². The van der Waals surface area contributed by atoms with Gasteiger partial charge in [-0.3, -0.25) is 0 Å². The van der Waals surface area contributed by atoms with Gasteiger partial charge in [0.15, 0.2) is 11.6 Å². The zero-order chi connectivity index (χ0) is 13.2. The van der Waals surface area contributed by atoms with Crippen molar-refractivity contribution in [3.05, 3.63) is 59.9 Å². The molecule has 2 aromatic carbocycles. The minimum atomic E-state index is -0.341. The molecule has 1 nitrogen and oxygen atoms in total. The van der Waals surface area contributed by atoms with Crippen LogP contribution in [0.3, 0.4) is 0 Å². The summed E-state index contributed by atoms with van der Waals surface area (Å²) in [5.74, 6) is 0.572. The highest BCUT2D eigenvalue weighted by molar-refractivity contribution is 5.37. The zero-order valence-electron chi connectivity index (χ0n) is 10.9. The van der Waals surface area contributed by atoms with Gasteiger partial charge in [0.1, 0.15) is 5.75 Å². The Labute approximate surface area is 107 Å². The average Bonchev–Trinajstić information content (AvgIpc) is 2.32. The van der Waals surface area contributed by atoms with Gasteiger partial charge in [-0.1, -0.05) is 45.0 Å². The van der Waals surface area contributed by atoms with Crippen LogP contribution in [0.2, 0.25) is 0 Å². The molecule has 0 saturated heterocycles. The molecule has 0 heterocycles. The Bertz CT molecular complexity index is 527. The standard InChI is InChI=1S/C16H17FO/c1-16(2,3)12-9-10-14(17)15(11-12)18-13-7-5-4-6-8-13/h4-11H,1-3H3. The predicted octanol–water partition coefficient (Wildman–Crippen LogP) is 4.92. The molecule has 0 radical (unpaired) electrons. The molecule has 0 N–H and O–H groups in total. The maximum Gasteiger partial charge on any atom is 0.165 e. The molecule has 2 rings (SSSR count). The van der Waals surface area contributed by atoms with Crippen LogP contribution in [-0.4, -0.2) is 0 Å². The highest BCUT2D eigenvalue weighted by Gasteiger charge is 2.16. The van der Waals surface area contributed by atoms with Gasteiger partial charge in [0.2, 0.25) is 0 Å². The van der Waals surface area contributed by atoms with E-state index < -0.39 is 0 Å². The van der Waals surface area contributed by atoms with E-state index in [1.807, 2.05) is 30.3 Å². The lowest BCUT2D eigenvalue weighted by Crippen LogP contribution is -2.11. The number of ether oxygens (including phenoxy) is 1. The third-order valence-corrected chi connectivity index (χ3v) is 2.77. The Morgan fingerprint density at radius 2 is 1.61 bits per heavy atom. The summed E-state index contributed by atoms with van der Waals surface area (Å²) in [7, 11) is 0. The third kappa shape index (κ3) is 2.89. The van der Waals surface area contributed by atoms with E-state index in [1.54, 1.807) is 12.1 Å². The number of benzene rings is 2. The van der Waals surface area contributed by atoms with Crippen molar-refractivity contribution in [3.8, 4) is 11.5 Å². The third-order valence-electron chi connectivity index (χ3n) is 2.77. The molecule has 0 unspecified atom stereocenters. The number of hydrogen-bond acceptors (Lipinski definition) is 1. The second-order valence-corrected chi connectivity index (χ2v) is 5.31. The van der Waals surface area contributed by atoms with E-state index in [0.29, 0.717) is 5.75 Å². The molecule has 0 aromatic heterocycles. The Hall–Kier alpha value is -1.83. The smallest absolute Gasteiger partial charge is 0.165 e. The van der Waals surface area contributed by atoms with Crippen molar-refractivity contribution in [2.45, 2.75) is 26.2 Å². The number of hydrogen-bond donors (Lipinski definition) is 0. The van der Waals surface area contributed by atoms with Gasteiger partial charge in [-0.15, -0.1) is 0 Å². The van der Waals surface area contributed by atoms with Crippen LogP contribution in [0.1, 0.15) is 26.3 Å². The van der Waals surface area contributed by atoms with Crippen molar-refractivity contribution in [2.75, 3.05) is 0 Å². The van der Waals surface area contributed by atoms with Crippen molar-refractivity contribution in [1.82, 2.24) is 0 Å². The van der Waals surface area contributed by atoms with E-state index in [2.05, 4.69) is 20.8 Å². The van der Waals surface area contributed by atoms with Crippen molar-refractivity contribution < 1.29 is 9.13 Å². The average molecular weight is 244 g/mol. The Morgan fingerprint density at radius 3 is 2.22 bits per heavy atom. The Morgan fingerprint density at radius 1 is 0.944 bits per heavy atom. The quantitative estimate of drug-likeness (QED) is 0.729. The Kier molecular flexibility index (Phi) is 3.37. The van der Waals surface area contributed by atoms with E-state index >= 15 is 0 Å². The number of rotatable bonds is 2. The van der Waals surface area contributed by atoms with Crippen molar-refractivity contribution in [2.24, 2.45) is 0 Å². The van der Waals surface area contributed by atoms with Crippen LogP contribution in [0.5, 0.6) is 11.5 Å².